The first kappa shape index (κ1) is 25.9. The molecule has 4 rings (SSSR count). The van der Waals surface area contributed by atoms with Crippen molar-refractivity contribution in [1.82, 2.24) is 4.90 Å². The molecule has 0 aromatic heterocycles. The van der Waals surface area contributed by atoms with Crippen LogP contribution in [-0.2, 0) is 16.0 Å². The van der Waals surface area contributed by atoms with Gasteiger partial charge in [-0.2, -0.15) is 0 Å². The van der Waals surface area contributed by atoms with E-state index in [2.05, 4.69) is 10.3 Å². The van der Waals surface area contributed by atoms with Crippen LogP contribution in [-0.4, -0.2) is 51.9 Å². The third-order valence-electron chi connectivity index (χ3n) is 5.67. The van der Waals surface area contributed by atoms with Crippen molar-refractivity contribution in [2.75, 3.05) is 19.0 Å². The van der Waals surface area contributed by atoms with Gasteiger partial charge in [0, 0.05) is 18.7 Å². The summed E-state index contributed by atoms with van der Waals surface area (Å²) in [5.74, 6) is -1.39. The van der Waals surface area contributed by atoms with E-state index < -0.39 is 22.9 Å². The molecule has 1 atom stereocenters. The summed E-state index contributed by atoms with van der Waals surface area (Å²) in [5, 5.41) is 11.4. The Labute approximate surface area is 217 Å². The molecule has 3 aromatic carbocycles. The molecule has 0 radical (unpaired) electrons. The number of nitrogens with one attached hydrogen (secondary N) is 1. The summed E-state index contributed by atoms with van der Waals surface area (Å²) < 4.78 is 18.6. The number of aliphatic imine (C=N–C) groups is 1. The Bertz CT molecular complexity index is 1310. The average Bonchev–Trinajstić information content (AvgIpc) is 2.90. The van der Waals surface area contributed by atoms with Gasteiger partial charge in [0.15, 0.2) is 5.17 Å². The van der Waals surface area contributed by atoms with Crippen molar-refractivity contribution in [2.45, 2.75) is 18.1 Å². The van der Waals surface area contributed by atoms with Crippen LogP contribution in [0.25, 0.3) is 0 Å². The van der Waals surface area contributed by atoms with E-state index in [1.54, 1.807) is 12.0 Å². The molecule has 2 N–H and O–H groups in total. The van der Waals surface area contributed by atoms with Crippen molar-refractivity contribution in [3.63, 3.8) is 0 Å². The molecule has 1 saturated heterocycles. The summed E-state index contributed by atoms with van der Waals surface area (Å²) in [6.45, 7) is 0.350. The fourth-order valence-corrected chi connectivity index (χ4v) is 4.76. The van der Waals surface area contributed by atoms with E-state index in [0.717, 1.165) is 23.1 Å². The molecule has 2 amide bonds. The minimum Gasteiger partial charge on any atom is -0.497 e. The summed E-state index contributed by atoms with van der Waals surface area (Å²) in [5.41, 5.74) is 1.98. The molecular formula is C27H24FN3O5S. The van der Waals surface area contributed by atoms with Crippen LogP contribution < -0.4 is 10.1 Å². The van der Waals surface area contributed by atoms with Crippen LogP contribution in [0.5, 0.6) is 5.75 Å². The number of hydrogen-bond donors (Lipinski definition) is 2. The van der Waals surface area contributed by atoms with Crippen molar-refractivity contribution < 1.29 is 28.6 Å². The lowest BCUT2D eigenvalue weighted by atomic mass is 10.1. The fourth-order valence-electron chi connectivity index (χ4n) is 3.64. The summed E-state index contributed by atoms with van der Waals surface area (Å²) in [7, 11) is 1.59. The number of methoxy groups -OCH3 is 1. The number of benzene rings is 3. The fraction of sp³-hybridized carbons (Fsp3) is 0.185. The molecule has 3 aromatic rings. The Morgan fingerprint density at radius 1 is 1.08 bits per heavy atom. The number of carbonyl (C=O) groups excluding carboxylic acids is 2. The van der Waals surface area contributed by atoms with E-state index in [-0.39, 0.29) is 17.9 Å². The number of carboxylic acid groups (broad SMARTS) is 1. The van der Waals surface area contributed by atoms with Gasteiger partial charge >= 0.3 is 5.97 Å². The third-order valence-corrected chi connectivity index (χ3v) is 6.85. The topological polar surface area (TPSA) is 108 Å². The molecule has 1 heterocycles. The standard InChI is InChI=1S/C27H24FN3O5S/c1-36-22-12-2-17(3-13-22)14-15-31-24(32)16-23(37-27(31)30-21-10-6-19(28)7-11-21)25(33)29-20-8-4-18(5-9-20)26(34)35/h2-13,23H,14-16H2,1H3,(H,29,33)(H,34,35)/t23-/m1/s1. The van der Waals surface area contributed by atoms with Crippen molar-refractivity contribution in [2.24, 2.45) is 4.99 Å². The lowest BCUT2D eigenvalue weighted by Crippen LogP contribution is -2.46. The van der Waals surface area contributed by atoms with Crippen LogP contribution in [0.15, 0.2) is 77.8 Å². The maximum absolute atomic E-state index is 13.4. The first-order valence-corrected chi connectivity index (χ1v) is 12.3. The predicted molar refractivity (Wildman–Crippen MR) is 140 cm³/mol. The molecule has 37 heavy (non-hydrogen) atoms. The molecule has 1 fully saturated rings. The monoisotopic (exact) mass is 521 g/mol. The van der Waals surface area contributed by atoms with Gasteiger partial charge in [0.2, 0.25) is 11.8 Å². The molecule has 0 unspecified atom stereocenters. The Morgan fingerprint density at radius 3 is 2.38 bits per heavy atom. The first-order chi connectivity index (χ1) is 17.8. The molecule has 0 spiro atoms. The molecule has 1 aliphatic rings. The van der Waals surface area contributed by atoms with Crippen molar-refractivity contribution in [3.8, 4) is 5.75 Å². The number of rotatable bonds is 8. The molecule has 0 aliphatic carbocycles. The number of carbonyl (C=O) groups is 3. The van der Waals surface area contributed by atoms with E-state index in [4.69, 9.17) is 9.84 Å². The van der Waals surface area contributed by atoms with Crippen molar-refractivity contribution >= 4 is 46.1 Å². The second-order valence-electron chi connectivity index (χ2n) is 8.20. The van der Waals surface area contributed by atoms with Crippen molar-refractivity contribution in [1.29, 1.82) is 0 Å². The average molecular weight is 522 g/mol. The van der Waals surface area contributed by atoms with Crippen LogP contribution in [0.1, 0.15) is 22.3 Å². The number of hydrogen-bond acceptors (Lipinski definition) is 6. The number of amidine groups is 1. The van der Waals surface area contributed by atoms with Crippen molar-refractivity contribution in [3.05, 3.63) is 89.7 Å². The molecule has 1 aliphatic heterocycles. The van der Waals surface area contributed by atoms with Gasteiger partial charge in [0.25, 0.3) is 0 Å². The quantitative estimate of drug-likeness (QED) is 0.444. The zero-order chi connectivity index (χ0) is 26.4. The molecule has 0 saturated carbocycles. The van der Waals surface area contributed by atoms with E-state index in [1.165, 1.54) is 48.5 Å². The number of ether oxygens (including phenoxy) is 1. The maximum Gasteiger partial charge on any atom is 0.335 e. The highest BCUT2D eigenvalue weighted by Crippen LogP contribution is 2.30. The minimum absolute atomic E-state index is 0.0330. The minimum atomic E-state index is -1.07. The van der Waals surface area contributed by atoms with Gasteiger partial charge in [0.05, 0.1) is 18.4 Å². The zero-order valence-electron chi connectivity index (χ0n) is 19.9. The molecule has 0 bridgehead atoms. The number of aromatic carboxylic acids is 1. The summed E-state index contributed by atoms with van der Waals surface area (Å²) in [6.07, 6.45) is 0.528. The smallest absolute Gasteiger partial charge is 0.335 e. The molecule has 10 heteroatoms. The van der Waals surface area contributed by atoms with Gasteiger partial charge in [0.1, 0.15) is 16.8 Å². The number of anilines is 1. The lowest BCUT2D eigenvalue weighted by molar-refractivity contribution is -0.129. The van der Waals surface area contributed by atoms with E-state index in [0.29, 0.717) is 29.5 Å². The van der Waals surface area contributed by atoms with Crippen LogP contribution in [0.3, 0.4) is 0 Å². The lowest BCUT2D eigenvalue weighted by Gasteiger charge is -2.32. The number of halogens is 1. The van der Waals surface area contributed by atoms with Gasteiger partial charge in [-0.3, -0.25) is 14.5 Å². The van der Waals surface area contributed by atoms with Gasteiger partial charge in [-0.1, -0.05) is 23.9 Å². The maximum atomic E-state index is 13.4. The van der Waals surface area contributed by atoms with E-state index in [9.17, 15) is 18.8 Å². The number of carboxylic acids is 1. The highest BCUT2D eigenvalue weighted by molar-refractivity contribution is 8.15. The summed E-state index contributed by atoms with van der Waals surface area (Å²) in [6, 6.07) is 18.9. The van der Waals surface area contributed by atoms with Gasteiger partial charge in [-0.25, -0.2) is 14.2 Å². The number of thioether (sulfide) groups is 1. The van der Waals surface area contributed by atoms with Crippen LogP contribution >= 0.6 is 11.8 Å². The first-order valence-electron chi connectivity index (χ1n) is 11.4. The molecule has 190 valence electrons. The normalized spacial score (nSPS) is 16.5. The second kappa shape index (κ2) is 11.7. The highest BCUT2D eigenvalue weighted by Gasteiger charge is 2.35. The van der Waals surface area contributed by atoms with Crippen LogP contribution in [0.4, 0.5) is 15.8 Å². The summed E-state index contributed by atoms with van der Waals surface area (Å²) >= 11 is 1.15. The molecule has 8 nitrogen and oxygen atoms in total. The predicted octanol–water partition coefficient (Wildman–Crippen LogP) is 4.74. The largest absolute Gasteiger partial charge is 0.497 e. The summed E-state index contributed by atoms with van der Waals surface area (Å²) in [4.78, 5) is 43.3. The SMILES string of the molecule is COc1ccc(CCN2C(=O)C[C@H](C(=O)Nc3ccc(C(=O)O)cc3)SC2=Nc2ccc(F)cc2)cc1. The van der Waals surface area contributed by atoms with E-state index >= 15 is 0 Å². The molecular weight excluding hydrogens is 497 g/mol. The van der Waals surface area contributed by atoms with E-state index in [1.807, 2.05) is 24.3 Å². The Kier molecular flexibility index (Phi) is 8.19. The second-order valence-corrected chi connectivity index (χ2v) is 9.37. The zero-order valence-corrected chi connectivity index (χ0v) is 20.7. The van der Waals surface area contributed by atoms with Gasteiger partial charge in [-0.15, -0.1) is 0 Å². The van der Waals surface area contributed by atoms with Crippen LogP contribution in [0.2, 0.25) is 0 Å². The Hall–Kier alpha value is -4.18. The third kappa shape index (κ3) is 6.73. The Balaban J connectivity index is 1.52. The van der Waals surface area contributed by atoms with Gasteiger partial charge < -0.3 is 15.2 Å². The Morgan fingerprint density at radius 2 is 1.76 bits per heavy atom. The number of nitrogens with zero attached hydrogens (tertiary/aromatic N) is 2. The highest BCUT2D eigenvalue weighted by atomic mass is 32.2. The number of amides is 2. The van der Waals surface area contributed by atoms with Crippen LogP contribution in [0, 0.1) is 5.82 Å². The van der Waals surface area contributed by atoms with Gasteiger partial charge in [-0.05, 0) is 72.6 Å².